The zero-order valence-electron chi connectivity index (χ0n) is 20.4. The van der Waals surface area contributed by atoms with Crippen molar-refractivity contribution < 1.29 is 24.2 Å². The molecule has 0 spiro atoms. The van der Waals surface area contributed by atoms with Crippen LogP contribution in [0.15, 0.2) is 72.3 Å². The number of nitrogens with zero attached hydrogens (tertiary/aromatic N) is 1. The van der Waals surface area contributed by atoms with Gasteiger partial charge in [-0.3, -0.25) is 9.59 Å². The number of carbonyl (C=O) groups excluding carboxylic acids is 2. The molecule has 6 nitrogen and oxygen atoms in total. The van der Waals surface area contributed by atoms with Gasteiger partial charge in [0.25, 0.3) is 11.7 Å². The van der Waals surface area contributed by atoms with Crippen LogP contribution in [0.3, 0.4) is 0 Å². The van der Waals surface area contributed by atoms with E-state index < -0.39 is 17.7 Å². The SMILES string of the molecule is CCOc1ccc(CN2C(=O)C(=O)/C(=C(/O)c3cc(C)ccc3C)C2c2ccc(OC)cc2)cc1. The standard InChI is InChI=1S/C29H29NO5/c1-5-35-23-12-8-20(9-13-23)17-30-26(21-10-14-22(34-4)15-11-21)25(28(32)29(30)33)27(31)24-16-18(2)6-7-19(24)3/h6-16,26,31H,5,17H2,1-4H3/b27-25+. The molecule has 1 fully saturated rings. The number of aryl methyl sites for hydroxylation is 2. The predicted octanol–water partition coefficient (Wildman–Crippen LogP) is 5.33. The number of ether oxygens (including phenoxy) is 2. The van der Waals surface area contributed by atoms with Gasteiger partial charge in [-0.15, -0.1) is 0 Å². The van der Waals surface area contributed by atoms with Crippen molar-refractivity contribution in [3.8, 4) is 11.5 Å². The minimum absolute atomic E-state index is 0.0832. The molecular weight excluding hydrogens is 442 g/mol. The first-order chi connectivity index (χ1) is 16.8. The number of hydrogen-bond donors (Lipinski definition) is 1. The molecule has 0 bridgehead atoms. The minimum atomic E-state index is -0.743. The first-order valence-electron chi connectivity index (χ1n) is 11.6. The van der Waals surface area contributed by atoms with Gasteiger partial charge >= 0.3 is 0 Å². The molecule has 3 aromatic carbocycles. The highest BCUT2D eigenvalue weighted by atomic mass is 16.5. The third-order valence-corrected chi connectivity index (χ3v) is 6.21. The smallest absolute Gasteiger partial charge is 0.295 e. The van der Waals surface area contributed by atoms with Crippen LogP contribution in [-0.4, -0.2) is 35.4 Å². The topological polar surface area (TPSA) is 76.1 Å². The van der Waals surface area contributed by atoms with Gasteiger partial charge in [-0.05, 0) is 67.8 Å². The molecule has 1 aliphatic rings. The van der Waals surface area contributed by atoms with Gasteiger partial charge in [-0.2, -0.15) is 0 Å². The van der Waals surface area contributed by atoms with Crippen LogP contribution in [0, 0.1) is 13.8 Å². The van der Waals surface area contributed by atoms with Crippen LogP contribution < -0.4 is 9.47 Å². The molecule has 6 heteroatoms. The molecule has 3 aromatic rings. The molecule has 4 rings (SSSR count). The molecule has 1 N–H and O–H groups in total. The van der Waals surface area contributed by atoms with Crippen LogP contribution in [0.5, 0.6) is 11.5 Å². The molecule has 1 heterocycles. The minimum Gasteiger partial charge on any atom is -0.507 e. The number of amides is 1. The predicted molar refractivity (Wildman–Crippen MR) is 134 cm³/mol. The van der Waals surface area contributed by atoms with Crippen molar-refractivity contribution in [2.75, 3.05) is 13.7 Å². The van der Waals surface area contributed by atoms with Gasteiger partial charge in [0.1, 0.15) is 17.3 Å². The lowest BCUT2D eigenvalue weighted by molar-refractivity contribution is -0.140. The summed E-state index contributed by atoms with van der Waals surface area (Å²) < 4.78 is 10.8. The number of aliphatic hydroxyl groups excluding tert-OH is 1. The van der Waals surface area contributed by atoms with Crippen LogP contribution in [0.4, 0.5) is 0 Å². The van der Waals surface area contributed by atoms with Gasteiger partial charge in [-0.25, -0.2) is 0 Å². The van der Waals surface area contributed by atoms with Gasteiger partial charge in [0, 0.05) is 12.1 Å². The van der Waals surface area contributed by atoms with E-state index in [-0.39, 0.29) is 17.9 Å². The molecule has 0 aromatic heterocycles. The second kappa shape index (κ2) is 10.1. The van der Waals surface area contributed by atoms with Gasteiger partial charge in [-0.1, -0.05) is 42.0 Å². The normalized spacial score (nSPS) is 17.0. The molecule has 1 amide bonds. The maximum absolute atomic E-state index is 13.3. The van der Waals surface area contributed by atoms with E-state index >= 15 is 0 Å². The number of methoxy groups -OCH3 is 1. The van der Waals surface area contributed by atoms with E-state index in [1.54, 1.807) is 19.2 Å². The zero-order valence-corrected chi connectivity index (χ0v) is 20.4. The lowest BCUT2D eigenvalue weighted by Gasteiger charge is -2.26. The van der Waals surface area contributed by atoms with Gasteiger partial charge in [0.2, 0.25) is 0 Å². The molecule has 35 heavy (non-hydrogen) atoms. The van der Waals surface area contributed by atoms with E-state index in [4.69, 9.17) is 9.47 Å². The Balaban J connectivity index is 1.82. The highest BCUT2D eigenvalue weighted by Gasteiger charge is 2.46. The summed E-state index contributed by atoms with van der Waals surface area (Å²) in [5.41, 5.74) is 3.95. The van der Waals surface area contributed by atoms with E-state index in [2.05, 4.69) is 0 Å². The molecule has 1 atom stereocenters. The number of benzene rings is 3. The van der Waals surface area contributed by atoms with E-state index in [1.807, 2.05) is 75.4 Å². The first-order valence-corrected chi connectivity index (χ1v) is 11.6. The summed E-state index contributed by atoms with van der Waals surface area (Å²) in [6, 6.07) is 19.5. The number of Topliss-reactive ketones (excluding diaryl/α,β-unsaturated/α-hetero) is 1. The fraction of sp³-hybridized carbons (Fsp3) is 0.241. The van der Waals surface area contributed by atoms with Crippen LogP contribution >= 0.6 is 0 Å². The number of likely N-dealkylation sites (tertiary alicyclic amines) is 1. The second-order valence-corrected chi connectivity index (χ2v) is 8.60. The Morgan fingerprint density at radius 1 is 0.943 bits per heavy atom. The van der Waals surface area contributed by atoms with E-state index in [0.717, 1.165) is 22.4 Å². The quantitative estimate of drug-likeness (QED) is 0.286. The molecule has 1 aliphatic heterocycles. The summed E-state index contributed by atoms with van der Waals surface area (Å²) in [7, 11) is 1.58. The number of ketones is 1. The van der Waals surface area contributed by atoms with Crippen LogP contribution in [0.1, 0.15) is 40.8 Å². The van der Waals surface area contributed by atoms with E-state index in [1.165, 1.54) is 4.90 Å². The Labute approximate surface area is 205 Å². The fourth-order valence-electron chi connectivity index (χ4n) is 4.37. The molecule has 1 unspecified atom stereocenters. The monoisotopic (exact) mass is 471 g/mol. The van der Waals surface area contributed by atoms with Crippen molar-refractivity contribution >= 4 is 17.4 Å². The lowest BCUT2D eigenvalue weighted by Crippen LogP contribution is -2.29. The van der Waals surface area contributed by atoms with Crippen LogP contribution in [0.2, 0.25) is 0 Å². The Hall–Kier alpha value is -4.06. The van der Waals surface area contributed by atoms with Crippen LogP contribution in [0.25, 0.3) is 5.76 Å². The van der Waals surface area contributed by atoms with E-state index in [0.29, 0.717) is 23.5 Å². The molecule has 1 saturated heterocycles. The zero-order chi connectivity index (χ0) is 25.1. The molecule has 0 radical (unpaired) electrons. The largest absolute Gasteiger partial charge is 0.507 e. The first kappa shape index (κ1) is 24.1. The summed E-state index contributed by atoms with van der Waals surface area (Å²) >= 11 is 0. The average molecular weight is 472 g/mol. The molecule has 0 aliphatic carbocycles. The van der Waals surface area contributed by atoms with Crippen molar-refractivity contribution in [2.45, 2.75) is 33.4 Å². The third kappa shape index (κ3) is 4.78. The van der Waals surface area contributed by atoms with Crippen LogP contribution in [-0.2, 0) is 16.1 Å². The maximum atomic E-state index is 13.3. The molecular formula is C29H29NO5. The van der Waals surface area contributed by atoms with Gasteiger partial charge in [0.05, 0.1) is 25.3 Å². The number of aliphatic hydroxyl groups is 1. The molecule has 180 valence electrons. The van der Waals surface area contributed by atoms with Gasteiger partial charge < -0.3 is 19.5 Å². The summed E-state index contributed by atoms with van der Waals surface area (Å²) in [5.74, 6) is -0.118. The van der Waals surface area contributed by atoms with Crippen molar-refractivity contribution in [3.63, 3.8) is 0 Å². The second-order valence-electron chi connectivity index (χ2n) is 8.60. The van der Waals surface area contributed by atoms with Crippen molar-refractivity contribution in [2.24, 2.45) is 0 Å². The lowest BCUT2D eigenvalue weighted by atomic mass is 9.93. The summed E-state index contributed by atoms with van der Waals surface area (Å²) in [6.07, 6.45) is 0. The van der Waals surface area contributed by atoms with Crippen molar-refractivity contribution in [3.05, 3.63) is 100 Å². The van der Waals surface area contributed by atoms with Crippen molar-refractivity contribution in [1.82, 2.24) is 4.90 Å². The number of rotatable bonds is 7. The third-order valence-electron chi connectivity index (χ3n) is 6.21. The summed E-state index contributed by atoms with van der Waals surface area (Å²) in [4.78, 5) is 28.1. The summed E-state index contributed by atoms with van der Waals surface area (Å²) in [5, 5.41) is 11.4. The number of hydrogen-bond acceptors (Lipinski definition) is 5. The molecule has 0 saturated carbocycles. The van der Waals surface area contributed by atoms with Gasteiger partial charge in [0.15, 0.2) is 0 Å². The highest BCUT2D eigenvalue weighted by molar-refractivity contribution is 6.46. The Morgan fingerprint density at radius 3 is 2.23 bits per heavy atom. The number of carbonyl (C=O) groups is 2. The Morgan fingerprint density at radius 2 is 1.60 bits per heavy atom. The Bertz CT molecular complexity index is 1280. The Kier molecular flexibility index (Phi) is 6.92. The maximum Gasteiger partial charge on any atom is 0.295 e. The van der Waals surface area contributed by atoms with Crippen molar-refractivity contribution in [1.29, 1.82) is 0 Å². The van der Waals surface area contributed by atoms with E-state index in [9.17, 15) is 14.7 Å². The highest BCUT2D eigenvalue weighted by Crippen LogP contribution is 2.41. The fourth-order valence-corrected chi connectivity index (χ4v) is 4.37. The summed E-state index contributed by atoms with van der Waals surface area (Å²) in [6.45, 7) is 6.47. The average Bonchev–Trinajstić information content (AvgIpc) is 3.11.